The molecule has 1 aromatic heterocycles. The third kappa shape index (κ3) is 1.86. The van der Waals surface area contributed by atoms with E-state index < -0.39 is 0 Å². The van der Waals surface area contributed by atoms with E-state index in [1.54, 1.807) is 6.07 Å². The molecule has 4 nitrogen and oxygen atoms in total. The van der Waals surface area contributed by atoms with E-state index in [9.17, 15) is 4.79 Å². The quantitative estimate of drug-likeness (QED) is 0.687. The lowest BCUT2D eigenvalue weighted by molar-refractivity contribution is 0.781. The number of aryl methyl sites for hydroxylation is 2. The number of hydrogen-bond donors (Lipinski definition) is 1. The number of hydrogen-bond acceptors (Lipinski definition) is 3. The molecular weight excluding hydrogens is 250 g/mol. The normalized spacial score (nSPS) is 10.9. The minimum Gasteiger partial charge on any atom is -0.320 e. The molecule has 3 aromatic rings. The Morgan fingerprint density at radius 2 is 1.70 bits per heavy atom. The molecule has 0 aliphatic carbocycles. The fraction of sp³-hybridized carbons (Fsp3) is 0.125. The van der Waals surface area contributed by atoms with Gasteiger partial charge in [-0.05, 0) is 37.1 Å². The van der Waals surface area contributed by atoms with Gasteiger partial charge in [-0.25, -0.2) is 0 Å². The third-order valence-electron chi connectivity index (χ3n) is 3.61. The number of nitrogens with zero attached hydrogens (tertiary/aromatic N) is 2. The van der Waals surface area contributed by atoms with Gasteiger partial charge in [0.15, 0.2) is 0 Å². The molecule has 0 radical (unpaired) electrons. The molecule has 1 heterocycles. The highest BCUT2D eigenvalue weighted by atomic mass is 16.1. The first-order chi connectivity index (χ1) is 9.58. The highest BCUT2D eigenvalue weighted by molar-refractivity contribution is 5.93. The van der Waals surface area contributed by atoms with Crippen LogP contribution in [0, 0.1) is 13.8 Å². The first kappa shape index (κ1) is 12.4. The maximum Gasteiger partial charge on any atom is 0.293 e. The van der Waals surface area contributed by atoms with E-state index in [0.717, 1.165) is 21.4 Å². The molecule has 0 saturated carbocycles. The van der Waals surface area contributed by atoms with Crippen LogP contribution < -0.4 is 11.4 Å². The van der Waals surface area contributed by atoms with Crippen LogP contribution in [0.15, 0.2) is 47.3 Å². The van der Waals surface area contributed by atoms with Gasteiger partial charge >= 0.3 is 0 Å². The zero-order valence-electron chi connectivity index (χ0n) is 11.4. The molecule has 0 amide bonds. The van der Waals surface area contributed by atoms with Gasteiger partial charge in [-0.15, -0.1) is 9.89 Å². The lowest BCUT2D eigenvalue weighted by atomic mass is 10.0. The van der Waals surface area contributed by atoms with Crippen molar-refractivity contribution in [3.05, 3.63) is 63.9 Å². The average molecular weight is 265 g/mol. The Morgan fingerprint density at radius 3 is 2.40 bits per heavy atom. The topological polar surface area (TPSA) is 60.9 Å². The van der Waals surface area contributed by atoms with Crippen LogP contribution in [0.1, 0.15) is 11.1 Å². The Hall–Kier alpha value is -2.62. The van der Waals surface area contributed by atoms with Crippen molar-refractivity contribution in [3.8, 4) is 11.3 Å². The van der Waals surface area contributed by atoms with Gasteiger partial charge in [0.1, 0.15) is 5.69 Å². The van der Waals surface area contributed by atoms with Gasteiger partial charge in [0, 0.05) is 10.9 Å². The number of fused-ring (bicyclic) bond motifs is 1. The molecule has 4 heteroatoms. The Morgan fingerprint density at radius 1 is 1.00 bits per heavy atom. The lowest BCUT2D eigenvalue weighted by Crippen LogP contribution is -2.30. The van der Waals surface area contributed by atoms with E-state index in [0.29, 0.717) is 5.39 Å². The Bertz CT molecular complexity index is 865. The summed E-state index contributed by atoms with van der Waals surface area (Å²) in [7, 11) is 0. The van der Waals surface area contributed by atoms with Gasteiger partial charge in [0.2, 0.25) is 0 Å². The van der Waals surface area contributed by atoms with Crippen LogP contribution in [-0.4, -0.2) is 9.89 Å². The van der Waals surface area contributed by atoms with E-state index in [1.807, 2.05) is 30.3 Å². The average Bonchev–Trinajstić information content (AvgIpc) is 2.46. The Labute approximate surface area is 116 Å². The molecule has 0 unspecified atom stereocenters. The largest absolute Gasteiger partial charge is 0.320 e. The van der Waals surface area contributed by atoms with Crippen molar-refractivity contribution in [2.75, 3.05) is 5.84 Å². The van der Waals surface area contributed by atoms with Crippen molar-refractivity contribution in [2.24, 2.45) is 0 Å². The minimum atomic E-state index is -0.284. The monoisotopic (exact) mass is 265 g/mol. The van der Waals surface area contributed by atoms with Crippen molar-refractivity contribution in [1.82, 2.24) is 9.89 Å². The summed E-state index contributed by atoms with van der Waals surface area (Å²) < 4.78 is 0. The second kappa shape index (κ2) is 4.49. The fourth-order valence-electron chi connectivity index (χ4n) is 2.31. The molecule has 3 rings (SSSR count). The van der Waals surface area contributed by atoms with Gasteiger partial charge in [-0.1, -0.05) is 30.3 Å². The molecule has 0 bridgehead atoms. The number of benzene rings is 2. The highest BCUT2D eigenvalue weighted by Gasteiger charge is 2.11. The second-order valence-electron chi connectivity index (χ2n) is 4.94. The molecule has 0 atom stereocenters. The molecule has 0 aliphatic rings. The van der Waals surface area contributed by atoms with Gasteiger partial charge in [-0.2, -0.15) is 0 Å². The summed E-state index contributed by atoms with van der Waals surface area (Å²) in [4.78, 5) is 12.9. The highest BCUT2D eigenvalue weighted by Crippen LogP contribution is 2.25. The maximum absolute atomic E-state index is 12.0. The predicted molar refractivity (Wildman–Crippen MR) is 81.1 cm³/mol. The smallest absolute Gasteiger partial charge is 0.293 e. The molecule has 0 saturated heterocycles. The van der Waals surface area contributed by atoms with Gasteiger partial charge in [-0.3, -0.25) is 4.79 Å². The summed E-state index contributed by atoms with van der Waals surface area (Å²) in [5.74, 6) is 5.69. The zero-order chi connectivity index (χ0) is 14.3. The fourth-order valence-corrected chi connectivity index (χ4v) is 2.31. The van der Waals surface area contributed by atoms with Crippen LogP contribution in [-0.2, 0) is 0 Å². The van der Waals surface area contributed by atoms with E-state index in [1.165, 1.54) is 11.1 Å². The zero-order valence-corrected chi connectivity index (χ0v) is 11.4. The van der Waals surface area contributed by atoms with E-state index in [2.05, 4.69) is 25.0 Å². The first-order valence-corrected chi connectivity index (χ1v) is 6.42. The van der Waals surface area contributed by atoms with E-state index in [-0.39, 0.29) is 5.56 Å². The molecule has 20 heavy (non-hydrogen) atoms. The van der Waals surface area contributed by atoms with Crippen LogP contribution >= 0.6 is 0 Å². The van der Waals surface area contributed by atoms with Gasteiger partial charge in [0.25, 0.3) is 5.56 Å². The summed E-state index contributed by atoms with van der Waals surface area (Å²) in [6.45, 7) is 4.12. The summed E-state index contributed by atoms with van der Waals surface area (Å²) in [6.07, 6.45) is 0. The number of nitrogen functional groups attached to an aromatic ring is 1. The maximum atomic E-state index is 12.0. The van der Waals surface area contributed by atoms with Crippen molar-refractivity contribution >= 4 is 10.8 Å². The van der Waals surface area contributed by atoms with Crippen LogP contribution in [0.3, 0.4) is 0 Å². The van der Waals surface area contributed by atoms with Gasteiger partial charge < -0.3 is 5.84 Å². The SMILES string of the molecule is Cc1ccc(-c2nn(N)c(=O)c3ccccc23)cc1C. The van der Waals surface area contributed by atoms with Crippen molar-refractivity contribution in [1.29, 1.82) is 0 Å². The van der Waals surface area contributed by atoms with E-state index in [4.69, 9.17) is 5.84 Å². The summed E-state index contributed by atoms with van der Waals surface area (Å²) >= 11 is 0. The van der Waals surface area contributed by atoms with Crippen LogP contribution in [0.25, 0.3) is 22.0 Å². The number of rotatable bonds is 1. The van der Waals surface area contributed by atoms with Crippen LogP contribution in [0.5, 0.6) is 0 Å². The molecule has 0 aliphatic heterocycles. The van der Waals surface area contributed by atoms with Crippen LogP contribution in [0.2, 0.25) is 0 Å². The Balaban J connectivity index is 2.39. The predicted octanol–water partition coefficient (Wildman–Crippen LogP) is 2.39. The molecule has 2 aromatic carbocycles. The summed E-state index contributed by atoms with van der Waals surface area (Å²) in [6, 6.07) is 13.5. The third-order valence-corrected chi connectivity index (χ3v) is 3.61. The first-order valence-electron chi connectivity index (χ1n) is 6.42. The van der Waals surface area contributed by atoms with Gasteiger partial charge in [0.05, 0.1) is 5.39 Å². The number of aromatic nitrogens is 2. The standard InChI is InChI=1S/C16H15N3O/c1-10-7-8-12(9-11(10)2)15-13-5-3-4-6-14(13)16(20)19(17)18-15/h3-9H,17H2,1-2H3. The van der Waals surface area contributed by atoms with Crippen molar-refractivity contribution in [2.45, 2.75) is 13.8 Å². The molecule has 2 N–H and O–H groups in total. The lowest BCUT2D eigenvalue weighted by Gasteiger charge is -2.09. The van der Waals surface area contributed by atoms with Crippen molar-refractivity contribution < 1.29 is 0 Å². The Kier molecular flexibility index (Phi) is 2.79. The minimum absolute atomic E-state index is 0.284. The summed E-state index contributed by atoms with van der Waals surface area (Å²) in [5.41, 5.74) is 3.81. The molecule has 100 valence electrons. The van der Waals surface area contributed by atoms with E-state index >= 15 is 0 Å². The molecular formula is C16H15N3O. The van der Waals surface area contributed by atoms with Crippen LogP contribution in [0.4, 0.5) is 0 Å². The molecule has 0 fully saturated rings. The molecule has 0 spiro atoms. The summed E-state index contributed by atoms with van der Waals surface area (Å²) in [5, 5.41) is 5.63. The number of nitrogens with two attached hydrogens (primary N) is 1. The van der Waals surface area contributed by atoms with Crippen molar-refractivity contribution in [3.63, 3.8) is 0 Å². The second-order valence-corrected chi connectivity index (χ2v) is 4.94.